The standard InChI is InChI=1S/C15H29S3.ClHO4/c1-13(2,3)16-10-11(17-14(4,5)6)12(10)18-15(7,8)9;2-1(3,4)5/h10-11H,1-9H3;(H,2,3,4,5)/q+1;/p-1. The summed E-state index contributed by atoms with van der Waals surface area (Å²) in [6.45, 7) is 20.9. The van der Waals surface area contributed by atoms with E-state index in [1.807, 2.05) is 0 Å². The van der Waals surface area contributed by atoms with E-state index in [1.165, 1.54) is 0 Å². The average molecular weight is 405 g/mol. The normalized spacial score (nSPS) is 22.6. The molecule has 0 bridgehead atoms. The molecule has 8 heteroatoms. The summed E-state index contributed by atoms with van der Waals surface area (Å²) in [5.41, 5.74) is 0. The van der Waals surface area contributed by atoms with Gasteiger partial charge >= 0.3 is 0 Å². The second-order valence-electron chi connectivity index (χ2n) is 8.30. The van der Waals surface area contributed by atoms with Crippen LogP contribution in [0.25, 0.3) is 0 Å². The van der Waals surface area contributed by atoms with Crippen molar-refractivity contribution in [2.75, 3.05) is 0 Å². The summed E-state index contributed by atoms with van der Waals surface area (Å²) in [6.07, 6.45) is 0. The van der Waals surface area contributed by atoms with Gasteiger partial charge in [-0.05, 0) is 20.8 Å². The zero-order valence-electron chi connectivity index (χ0n) is 15.4. The molecule has 0 aromatic rings. The van der Waals surface area contributed by atoms with Crippen LogP contribution < -0.4 is 18.6 Å². The SMILES string of the molecule is CC(C)(C)S[C+]1C(SC(C)(C)C)C1SC(C)(C)C.[O-][Cl+3]([O-])([O-])[O-]. The molecule has 1 aliphatic carbocycles. The Hall–Kier alpha value is 1.05. The molecule has 138 valence electrons. The minimum absolute atomic E-state index is 0.346. The van der Waals surface area contributed by atoms with Crippen molar-refractivity contribution in [2.24, 2.45) is 0 Å². The summed E-state index contributed by atoms with van der Waals surface area (Å²) >= 11 is 6.38. The molecule has 1 rings (SSSR count). The molecule has 0 spiro atoms. The average Bonchev–Trinajstić information content (AvgIpc) is 2.66. The molecule has 1 aliphatic rings. The molecule has 0 aliphatic heterocycles. The third-order valence-corrected chi connectivity index (χ3v) is 6.91. The second kappa shape index (κ2) is 8.16. The van der Waals surface area contributed by atoms with E-state index in [4.69, 9.17) is 18.6 Å². The highest BCUT2D eigenvalue weighted by Crippen LogP contribution is 2.64. The molecule has 4 nitrogen and oxygen atoms in total. The summed E-state index contributed by atoms with van der Waals surface area (Å²) in [4.78, 5) is 0. The smallest absolute Gasteiger partial charge is 0.213 e. The molecule has 0 amide bonds. The minimum Gasteiger partial charge on any atom is -0.222 e. The number of thioether (sulfide) groups is 3. The Morgan fingerprint density at radius 2 is 0.913 bits per heavy atom. The number of hydrogen-bond acceptors (Lipinski definition) is 7. The summed E-state index contributed by atoms with van der Waals surface area (Å²) in [5, 5.41) is 3.21. The van der Waals surface area contributed by atoms with Gasteiger partial charge in [-0.25, -0.2) is 18.6 Å². The van der Waals surface area contributed by atoms with Gasteiger partial charge in [-0.2, -0.15) is 0 Å². The van der Waals surface area contributed by atoms with Crippen molar-refractivity contribution in [1.29, 1.82) is 0 Å². The minimum atomic E-state index is -4.94. The van der Waals surface area contributed by atoms with E-state index in [-0.39, 0.29) is 0 Å². The van der Waals surface area contributed by atoms with E-state index < -0.39 is 10.2 Å². The molecular formula is C15H29ClO4S3. The second-order valence-corrected chi connectivity index (χ2v) is 14.9. The first-order valence-electron chi connectivity index (χ1n) is 7.32. The maximum Gasteiger partial charge on any atom is 0.213 e. The van der Waals surface area contributed by atoms with Crippen LogP contribution in [0.2, 0.25) is 0 Å². The van der Waals surface area contributed by atoms with Gasteiger partial charge in [0, 0.05) is 9.49 Å². The fourth-order valence-electron chi connectivity index (χ4n) is 1.67. The summed E-state index contributed by atoms with van der Waals surface area (Å²) in [7, 11) is -4.94. The van der Waals surface area contributed by atoms with Crippen molar-refractivity contribution in [2.45, 2.75) is 87.1 Å². The highest BCUT2D eigenvalue weighted by molar-refractivity contribution is 8.12. The number of halogens is 1. The monoisotopic (exact) mass is 404 g/mol. The van der Waals surface area contributed by atoms with Crippen LogP contribution in [0.1, 0.15) is 62.3 Å². The third kappa shape index (κ3) is 15.1. The maximum atomic E-state index is 8.49. The number of hydrogen-bond donors (Lipinski definition) is 0. The molecule has 0 aromatic carbocycles. The van der Waals surface area contributed by atoms with E-state index >= 15 is 0 Å². The van der Waals surface area contributed by atoms with Crippen LogP contribution in [-0.2, 0) is 0 Å². The van der Waals surface area contributed by atoms with E-state index in [0.29, 0.717) is 14.2 Å². The van der Waals surface area contributed by atoms with Crippen LogP contribution in [0.4, 0.5) is 0 Å². The van der Waals surface area contributed by atoms with Gasteiger partial charge in [0.1, 0.15) is 0 Å². The van der Waals surface area contributed by atoms with Gasteiger partial charge in [-0.15, -0.1) is 10.2 Å². The van der Waals surface area contributed by atoms with Gasteiger partial charge in [0.15, 0.2) is 5.25 Å². The van der Waals surface area contributed by atoms with Gasteiger partial charge in [0.25, 0.3) is 0 Å². The Morgan fingerprint density at radius 3 is 1.09 bits per heavy atom. The van der Waals surface area contributed by atoms with E-state index in [1.54, 1.807) is 5.25 Å². The maximum absolute atomic E-state index is 8.49. The zero-order valence-corrected chi connectivity index (χ0v) is 18.6. The zero-order chi connectivity index (χ0) is 18.9. The Kier molecular flexibility index (Phi) is 8.54. The molecule has 23 heavy (non-hydrogen) atoms. The Balaban J connectivity index is 0.000000841. The molecular weight excluding hydrogens is 376 g/mol. The van der Waals surface area contributed by atoms with E-state index in [0.717, 1.165) is 10.5 Å². The van der Waals surface area contributed by atoms with Crippen molar-refractivity contribution in [1.82, 2.24) is 0 Å². The predicted octanol–water partition coefficient (Wildman–Crippen LogP) is 1.11. The number of rotatable bonds is 3. The predicted molar refractivity (Wildman–Crippen MR) is 92.9 cm³/mol. The fraction of sp³-hybridized carbons (Fsp3) is 0.933. The van der Waals surface area contributed by atoms with Crippen molar-refractivity contribution < 1.29 is 28.9 Å². The molecule has 1 saturated carbocycles. The lowest BCUT2D eigenvalue weighted by Gasteiger charge is -2.17. The van der Waals surface area contributed by atoms with Gasteiger partial charge in [0.2, 0.25) is 10.5 Å². The highest BCUT2D eigenvalue weighted by Gasteiger charge is 2.69. The highest BCUT2D eigenvalue weighted by atomic mass is 35.7. The van der Waals surface area contributed by atoms with Gasteiger partial charge < -0.3 is 0 Å². The van der Waals surface area contributed by atoms with Crippen LogP contribution in [-0.4, -0.2) is 24.7 Å². The lowest BCUT2D eigenvalue weighted by Crippen LogP contribution is -2.68. The molecule has 0 N–H and O–H groups in total. The molecule has 1 fully saturated rings. The molecule has 2 atom stereocenters. The van der Waals surface area contributed by atoms with Crippen LogP contribution in [0.5, 0.6) is 0 Å². The molecule has 0 saturated heterocycles. The Labute approximate surface area is 156 Å². The fourth-order valence-corrected chi connectivity index (χ4v) is 6.41. The van der Waals surface area contributed by atoms with Crippen molar-refractivity contribution in [3.63, 3.8) is 0 Å². The summed E-state index contributed by atoms with van der Waals surface area (Å²) in [5.74, 6) is 0. The first kappa shape index (κ1) is 24.1. The first-order valence-corrected chi connectivity index (χ1v) is 11.1. The van der Waals surface area contributed by atoms with Crippen molar-refractivity contribution in [3.05, 3.63) is 5.25 Å². The van der Waals surface area contributed by atoms with Gasteiger partial charge in [-0.1, -0.05) is 65.1 Å². The van der Waals surface area contributed by atoms with Crippen molar-refractivity contribution in [3.8, 4) is 0 Å². The first-order chi connectivity index (χ1) is 9.79. The lowest BCUT2D eigenvalue weighted by atomic mass is 10.3. The van der Waals surface area contributed by atoms with Crippen LogP contribution in [0.3, 0.4) is 0 Å². The summed E-state index contributed by atoms with van der Waals surface area (Å²) < 4.78 is 35.0. The van der Waals surface area contributed by atoms with Gasteiger partial charge in [0.05, 0.1) is 16.5 Å². The lowest BCUT2D eigenvalue weighted by molar-refractivity contribution is -2.00. The Morgan fingerprint density at radius 1 is 0.652 bits per heavy atom. The van der Waals surface area contributed by atoms with Crippen molar-refractivity contribution >= 4 is 35.3 Å². The molecule has 0 heterocycles. The van der Waals surface area contributed by atoms with Crippen LogP contribution in [0.15, 0.2) is 0 Å². The van der Waals surface area contributed by atoms with Gasteiger partial charge in [-0.3, -0.25) is 0 Å². The quantitative estimate of drug-likeness (QED) is 0.650. The largest absolute Gasteiger partial charge is 0.222 e. The van der Waals surface area contributed by atoms with Crippen LogP contribution >= 0.6 is 35.3 Å². The van der Waals surface area contributed by atoms with E-state index in [9.17, 15) is 0 Å². The molecule has 2 unspecified atom stereocenters. The third-order valence-electron chi connectivity index (χ3n) is 2.11. The topological polar surface area (TPSA) is 92.2 Å². The summed E-state index contributed by atoms with van der Waals surface area (Å²) in [6, 6.07) is 0. The Bertz CT molecular complexity index is 307. The van der Waals surface area contributed by atoms with Crippen LogP contribution in [0, 0.1) is 15.5 Å². The van der Waals surface area contributed by atoms with E-state index in [2.05, 4.69) is 97.6 Å². The molecule has 0 aromatic heterocycles. The molecule has 0 radical (unpaired) electrons.